The molecule has 0 saturated carbocycles. The normalized spacial score (nSPS) is 9.83. The van der Waals surface area contributed by atoms with Crippen LogP contribution in [0.25, 0.3) is 5.32 Å². The largest absolute Gasteiger partial charge is 1.00 e. The smallest absolute Gasteiger partial charge is 0.609 e. The van der Waals surface area contributed by atoms with Gasteiger partial charge in [-0.05, 0) is 26.6 Å². The molecule has 0 radical (unpaired) electrons. The van der Waals surface area contributed by atoms with Crippen LogP contribution < -0.4 is 103 Å². The van der Waals surface area contributed by atoms with Gasteiger partial charge in [-0.15, -0.1) is 18.2 Å². The summed E-state index contributed by atoms with van der Waals surface area (Å²) in [5, 5.41) is 3.31. The third-order valence-corrected chi connectivity index (χ3v) is 1.45. The Hall–Kier alpha value is 1.62. The molecule has 0 aromatic heterocycles. The van der Waals surface area contributed by atoms with Crippen LogP contribution in [0.4, 0.5) is 19.3 Å². The first-order chi connectivity index (χ1) is 7.28. The van der Waals surface area contributed by atoms with E-state index in [-0.39, 0.29) is 103 Å². The summed E-state index contributed by atoms with van der Waals surface area (Å²) in [6, 6.07) is 3.56. The minimum absolute atomic E-state index is 0. The van der Waals surface area contributed by atoms with Gasteiger partial charge in [-0.3, -0.25) is 9.18 Å². The van der Waals surface area contributed by atoms with Gasteiger partial charge in [0.25, 0.3) is 0 Å². The van der Waals surface area contributed by atoms with Crippen molar-refractivity contribution in [3.63, 3.8) is 0 Å². The Labute approximate surface area is 190 Å². The van der Waals surface area contributed by atoms with Crippen molar-refractivity contribution in [2.45, 2.75) is 26.4 Å². The van der Waals surface area contributed by atoms with E-state index in [1.165, 1.54) is 0 Å². The van der Waals surface area contributed by atoms with Crippen LogP contribution in [0.5, 0.6) is 0 Å². The predicted octanol–water partition coefficient (Wildman–Crippen LogP) is -2.29. The molecular formula is C11H11F2K2NO2. The third-order valence-electron chi connectivity index (χ3n) is 1.45. The molecule has 3 nitrogen and oxygen atoms in total. The Balaban J connectivity index is 0. The van der Waals surface area contributed by atoms with Crippen LogP contribution in [-0.4, -0.2) is 11.7 Å². The molecule has 0 atom stereocenters. The van der Waals surface area contributed by atoms with Gasteiger partial charge >= 0.3 is 103 Å². The number of rotatable bonds is 1. The standard InChI is InChI=1S/C11H12F2NO2.2K/c1-11(2,3)16-10(15)14-9-6-7(12)4-5-8(9)13;;/h5-6H,1-3H3,(H,14,15);;/q-1;2*+1/p-1. The van der Waals surface area contributed by atoms with E-state index in [0.717, 1.165) is 12.1 Å². The molecule has 7 heteroatoms. The summed E-state index contributed by atoms with van der Waals surface area (Å²) in [6.45, 7) is 4.95. The molecule has 18 heavy (non-hydrogen) atoms. The Bertz CT molecular complexity index is 409. The zero-order valence-corrected chi connectivity index (χ0v) is 17.4. The van der Waals surface area contributed by atoms with Crippen LogP contribution in [0.3, 0.4) is 0 Å². The molecule has 88 valence electrons. The maximum Gasteiger partial charge on any atom is 1.00 e. The Kier molecular flexibility index (Phi) is 11.6. The Morgan fingerprint density at radius 2 is 1.89 bits per heavy atom. The first-order valence-electron chi connectivity index (χ1n) is 4.59. The van der Waals surface area contributed by atoms with Gasteiger partial charge in [-0.25, -0.2) is 10.1 Å². The SMILES string of the molecule is CC(C)(C)OC(=O)[N-]c1cc(F)[c-]cc1F.[K+].[K+]. The fraction of sp³-hybridized carbons (Fsp3) is 0.364. The molecule has 0 saturated heterocycles. The van der Waals surface area contributed by atoms with Gasteiger partial charge in [-0.2, -0.15) is 0 Å². The number of carbonyl (C=O) groups is 1. The van der Waals surface area contributed by atoms with Crippen LogP contribution in [-0.2, 0) is 4.74 Å². The van der Waals surface area contributed by atoms with Crippen molar-refractivity contribution in [1.29, 1.82) is 0 Å². The summed E-state index contributed by atoms with van der Waals surface area (Å²) in [6.07, 6.45) is -0.961. The van der Waals surface area contributed by atoms with E-state index in [9.17, 15) is 13.6 Å². The molecule has 0 aliphatic carbocycles. The monoisotopic (exact) mass is 305 g/mol. The van der Waals surface area contributed by atoms with E-state index in [4.69, 9.17) is 4.74 Å². The van der Waals surface area contributed by atoms with E-state index >= 15 is 0 Å². The van der Waals surface area contributed by atoms with Crippen molar-refractivity contribution in [3.05, 3.63) is 35.2 Å². The second-order valence-corrected chi connectivity index (χ2v) is 4.11. The van der Waals surface area contributed by atoms with Crippen molar-refractivity contribution in [1.82, 2.24) is 0 Å². The predicted molar refractivity (Wildman–Crippen MR) is 54.4 cm³/mol. The summed E-state index contributed by atoms with van der Waals surface area (Å²) in [5.41, 5.74) is -1.12. The number of benzene rings is 1. The molecule has 1 rings (SSSR count). The summed E-state index contributed by atoms with van der Waals surface area (Å²) < 4.78 is 30.6. The number of hydrogen-bond donors (Lipinski definition) is 0. The van der Waals surface area contributed by atoms with Crippen molar-refractivity contribution in [2.24, 2.45) is 0 Å². The maximum absolute atomic E-state index is 13.1. The Morgan fingerprint density at radius 3 is 2.39 bits per heavy atom. The topological polar surface area (TPSA) is 40.4 Å². The molecule has 0 bridgehead atoms. The van der Waals surface area contributed by atoms with Gasteiger partial charge in [0.05, 0.1) is 0 Å². The minimum Gasteiger partial charge on any atom is -0.609 e. The number of halogens is 2. The van der Waals surface area contributed by atoms with Crippen LogP contribution >= 0.6 is 0 Å². The van der Waals surface area contributed by atoms with Gasteiger partial charge in [-0.1, -0.05) is 0 Å². The average molecular weight is 305 g/mol. The zero-order chi connectivity index (χ0) is 12.3. The number of nitrogens with zero attached hydrogens (tertiary/aromatic N) is 1. The molecule has 0 fully saturated rings. The van der Waals surface area contributed by atoms with Gasteiger partial charge in [0, 0.05) is 5.82 Å². The maximum atomic E-state index is 13.1. The number of ether oxygens (including phenoxy) is 1. The summed E-state index contributed by atoms with van der Waals surface area (Å²) in [5.74, 6) is -1.61. The minimum atomic E-state index is -0.961. The second-order valence-electron chi connectivity index (χ2n) is 4.11. The average Bonchev–Trinajstić information content (AvgIpc) is 2.08. The van der Waals surface area contributed by atoms with Crippen LogP contribution in [0.15, 0.2) is 12.1 Å². The summed E-state index contributed by atoms with van der Waals surface area (Å²) >= 11 is 0. The molecule has 1 aromatic carbocycles. The first-order valence-corrected chi connectivity index (χ1v) is 4.59. The van der Waals surface area contributed by atoms with E-state index in [1.807, 2.05) is 6.07 Å². The molecule has 1 aromatic rings. The summed E-state index contributed by atoms with van der Waals surface area (Å²) in [7, 11) is 0. The number of carbonyl (C=O) groups excluding carboxylic acids is 1. The molecule has 0 spiro atoms. The summed E-state index contributed by atoms with van der Waals surface area (Å²) in [4.78, 5) is 11.2. The molecular weight excluding hydrogens is 294 g/mol. The molecule has 0 unspecified atom stereocenters. The number of amides is 1. The fourth-order valence-electron chi connectivity index (χ4n) is 0.906. The first kappa shape index (κ1) is 21.9. The quantitative estimate of drug-likeness (QED) is 0.433. The van der Waals surface area contributed by atoms with Crippen molar-refractivity contribution >= 4 is 11.8 Å². The van der Waals surface area contributed by atoms with Gasteiger partial charge in [0.2, 0.25) is 6.09 Å². The molecule has 0 N–H and O–H groups in total. The van der Waals surface area contributed by atoms with Crippen LogP contribution in [0, 0.1) is 17.7 Å². The Morgan fingerprint density at radius 1 is 1.33 bits per heavy atom. The molecule has 0 heterocycles. The van der Waals surface area contributed by atoms with E-state index in [2.05, 4.69) is 5.32 Å². The van der Waals surface area contributed by atoms with Crippen LogP contribution in [0.2, 0.25) is 0 Å². The van der Waals surface area contributed by atoms with Crippen molar-refractivity contribution < 1.29 is 121 Å². The number of hydrogen-bond acceptors (Lipinski definition) is 2. The van der Waals surface area contributed by atoms with Gasteiger partial charge in [0.15, 0.2) is 0 Å². The van der Waals surface area contributed by atoms with Crippen molar-refractivity contribution in [2.75, 3.05) is 0 Å². The zero-order valence-electron chi connectivity index (χ0n) is 11.2. The van der Waals surface area contributed by atoms with Gasteiger partial charge < -0.3 is 10.1 Å². The second kappa shape index (κ2) is 9.54. The van der Waals surface area contributed by atoms with Gasteiger partial charge in [0.1, 0.15) is 5.60 Å². The third kappa shape index (κ3) is 8.73. The molecule has 0 aliphatic rings. The van der Waals surface area contributed by atoms with Crippen molar-refractivity contribution in [3.8, 4) is 0 Å². The molecule has 1 amide bonds. The van der Waals surface area contributed by atoms with E-state index < -0.39 is 29.0 Å². The fourth-order valence-corrected chi connectivity index (χ4v) is 0.906. The van der Waals surface area contributed by atoms with E-state index in [1.54, 1.807) is 20.8 Å². The molecule has 0 aliphatic heterocycles. The van der Waals surface area contributed by atoms with E-state index in [0.29, 0.717) is 0 Å². The van der Waals surface area contributed by atoms with Crippen LogP contribution in [0.1, 0.15) is 20.8 Å².